The zero-order chi connectivity index (χ0) is 13.9. The second-order valence-electron chi connectivity index (χ2n) is 4.99. The fraction of sp³-hybridized carbons (Fsp3) is 0.429. The van der Waals surface area contributed by atoms with Crippen LogP contribution in [0.15, 0.2) is 22.9 Å². The molecule has 1 amide bonds. The third-order valence-electron chi connectivity index (χ3n) is 3.50. The SMILES string of the molecule is O=C(NC1CCC(O)CC1)c1csc(-c2cccs2)n1. The van der Waals surface area contributed by atoms with Crippen molar-refractivity contribution in [2.45, 2.75) is 37.8 Å². The van der Waals surface area contributed by atoms with Crippen LogP contribution in [-0.2, 0) is 0 Å². The molecule has 0 spiro atoms. The lowest BCUT2D eigenvalue weighted by Crippen LogP contribution is -2.38. The van der Waals surface area contributed by atoms with Gasteiger partial charge in [-0.1, -0.05) is 6.07 Å². The van der Waals surface area contributed by atoms with Crippen LogP contribution in [-0.4, -0.2) is 28.1 Å². The summed E-state index contributed by atoms with van der Waals surface area (Å²) in [5.74, 6) is -0.106. The van der Waals surface area contributed by atoms with Crippen molar-refractivity contribution < 1.29 is 9.90 Å². The van der Waals surface area contributed by atoms with Crippen LogP contribution in [0.25, 0.3) is 9.88 Å². The van der Waals surface area contributed by atoms with Gasteiger partial charge in [0.1, 0.15) is 10.7 Å². The highest BCUT2D eigenvalue weighted by Gasteiger charge is 2.22. The maximum Gasteiger partial charge on any atom is 0.270 e. The monoisotopic (exact) mass is 308 g/mol. The summed E-state index contributed by atoms with van der Waals surface area (Å²) in [7, 11) is 0. The number of thiophene rings is 1. The van der Waals surface area contributed by atoms with E-state index in [2.05, 4.69) is 10.3 Å². The van der Waals surface area contributed by atoms with E-state index in [0.29, 0.717) is 5.69 Å². The first-order valence-corrected chi connectivity index (χ1v) is 8.46. The summed E-state index contributed by atoms with van der Waals surface area (Å²) in [5, 5.41) is 17.2. The zero-order valence-electron chi connectivity index (χ0n) is 10.9. The van der Waals surface area contributed by atoms with Gasteiger partial charge >= 0.3 is 0 Å². The van der Waals surface area contributed by atoms with Crippen molar-refractivity contribution in [1.82, 2.24) is 10.3 Å². The molecule has 3 rings (SSSR count). The molecule has 0 bridgehead atoms. The standard InChI is InChI=1S/C14H16N2O2S2/c17-10-5-3-9(4-6-10)15-13(18)11-8-20-14(16-11)12-2-1-7-19-12/h1-2,7-10,17H,3-6H2,(H,15,18). The predicted octanol–water partition coefficient (Wildman–Crippen LogP) is 2.90. The van der Waals surface area contributed by atoms with Crippen molar-refractivity contribution in [2.75, 3.05) is 0 Å². The molecule has 0 aliphatic heterocycles. The molecule has 1 aliphatic carbocycles. The van der Waals surface area contributed by atoms with E-state index < -0.39 is 0 Å². The van der Waals surface area contributed by atoms with Crippen LogP contribution in [0, 0.1) is 0 Å². The molecule has 0 saturated heterocycles. The molecular formula is C14H16N2O2S2. The minimum Gasteiger partial charge on any atom is -0.393 e. The van der Waals surface area contributed by atoms with Crippen molar-refractivity contribution in [3.8, 4) is 9.88 Å². The maximum atomic E-state index is 12.2. The number of rotatable bonds is 3. The average molecular weight is 308 g/mol. The number of aromatic nitrogens is 1. The van der Waals surface area contributed by atoms with Gasteiger partial charge in [0, 0.05) is 11.4 Å². The summed E-state index contributed by atoms with van der Waals surface area (Å²) in [6.07, 6.45) is 3.02. The van der Waals surface area contributed by atoms with Crippen LogP contribution in [0.4, 0.5) is 0 Å². The molecule has 4 nitrogen and oxygen atoms in total. The second kappa shape index (κ2) is 6.03. The van der Waals surface area contributed by atoms with Gasteiger partial charge < -0.3 is 10.4 Å². The van der Waals surface area contributed by atoms with E-state index in [0.717, 1.165) is 35.6 Å². The van der Waals surface area contributed by atoms with E-state index in [9.17, 15) is 9.90 Å². The number of carbonyl (C=O) groups is 1. The lowest BCUT2D eigenvalue weighted by Gasteiger charge is -2.25. The first-order chi connectivity index (χ1) is 9.72. The first kappa shape index (κ1) is 13.7. The molecule has 2 heterocycles. The summed E-state index contributed by atoms with van der Waals surface area (Å²) < 4.78 is 0. The lowest BCUT2D eigenvalue weighted by atomic mass is 9.93. The lowest BCUT2D eigenvalue weighted by molar-refractivity contribution is 0.0864. The fourth-order valence-corrected chi connectivity index (χ4v) is 3.99. The van der Waals surface area contributed by atoms with Crippen LogP contribution in [0.2, 0.25) is 0 Å². The van der Waals surface area contributed by atoms with Gasteiger partial charge in [0.2, 0.25) is 0 Å². The Kier molecular flexibility index (Phi) is 4.14. The normalized spacial score (nSPS) is 22.6. The smallest absolute Gasteiger partial charge is 0.270 e. The molecule has 1 fully saturated rings. The van der Waals surface area contributed by atoms with Gasteiger partial charge in [-0.15, -0.1) is 22.7 Å². The summed E-state index contributed by atoms with van der Waals surface area (Å²) in [6, 6.07) is 4.15. The third kappa shape index (κ3) is 3.08. The molecule has 0 aromatic carbocycles. The van der Waals surface area contributed by atoms with Gasteiger partial charge in [-0.25, -0.2) is 4.98 Å². The Morgan fingerprint density at radius 2 is 2.10 bits per heavy atom. The minimum atomic E-state index is -0.201. The Bertz CT molecular complexity index is 572. The topological polar surface area (TPSA) is 62.2 Å². The van der Waals surface area contributed by atoms with E-state index in [1.54, 1.807) is 11.3 Å². The number of thiazole rings is 1. The number of aliphatic hydroxyl groups excluding tert-OH is 1. The summed E-state index contributed by atoms with van der Waals surface area (Å²) in [4.78, 5) is 17.6. The quantitative estimate of drug-likeness (QED) is 0.916. The largest absolute Gasteiger partial charge is 0.393 e. The van der Waals surface area contributed by atoms with E-state index >= 15 is 0 Å². The number of carbonyl (C=O) groups excluding carboxylic acids is 1. The molecule has 2 aromatic heterocycles. The Morgan fingerprint density at radius 3 is 2.80 bits per heavy atom. The number of hydrogen-bond donors (Lipinski definition) is 2. The van der Waals surface area contributed by atoms with E-state index in [-0.39, 0.29) is 18.1 Å². The predicted molar refractivity (Wildman–Crippen MR) is 81.2 cm³/mol. The maximum absolute atomic E-state index is 12.2. The molecule has 2 N–H and O–H groups in total. The zero-order valence-corrected chi connectivity index (χ0v) is 12.5. The Hall–Kier alpha value is -1.24. The average Bonchev–Trinajstić information content (AvgIpc) is 3.11. The van der Waals surface area contributed by atoms with E-state index in [4.69, 9.17) is 0 Å². The molecule has 6 heteroatoms. The molecule has 0 unspecified atom stereocenters. The van der Waals surface area contributed by atoms with Crippen LogP contribution >= 0.6 is 22.7 Å². The molecule has 0 atom stereocenters. The Labute approximate surface area is 125 Å². The van der Waals surface area contributed by atoms with Crippen molar-refractivity contribution in [2.24, 2.45) is 0 Å². The highest BCUT2D eigenvalue weighted by Crippen LogP contribution is 2.28. The number of amides is 1. The van der Waals surface area contributed by atoms with Crippen molar-refractivity contribution >= 4 is 28.6 Å². The highest BCUT2D eigenvalue weighted by atomic mass is 32.1. The number of aliphatic hydroxyl groups is 1. The Morgan fingerprint density at radius 1 is 1.30 bits per heavy atom. The highest BCUT2D eigenvalue weighted by molar-refractivity contribution is 7.20. The summed E-state index contributed by atoms with van der Waals surface area (Å²) >= 11 is 3.12. The second-order valence-corrected chi connectivity index (χ2v) is 6.80. The van der Waals surface area contributed by atoms with Crippen molar-refractivity contribution in [3.05, 3.63) is 28.6 Å². The van der Waals surface area contributed by atoms with Gasteiger partial charge in [0.15, 0.2) is 0 Å². The summed E-state index contributed by atoms with van der Waals surface area (Å²) in [6.45, 7) is 0. The molecule has 2 aromatic rings. The molecule has 1 aliphatic rings. The number of nitrogens with zero attached hydrogens (tertiary/aromatic N) is 1. The van der Waals surface area contributed by atoms with Gasteiger partial charge in [0.05, 0.1) is 11.0 Å². The van der Waals surface area contributed by atoms with Crippen LogP contribution < -0.4 is 5.32 Å². The molecular weight excluding hydrogens is 292 g/mol. The van der Waals surface area contributed by atoms with Gasteiger partial charge in [-0.05, 0) is 37.1 Å². The first-order valence-electron chi connectivity index (χ1n) is 6.70. The van der Waals surface area contributed by atoms with Crippen LogP contribution in [0.3, 0.4) is 0 Å². The van der Waals surface area contributed by atoms with Crippen molar-refractivity contribution in [3.63, 3.8) is 0 Å². The molecule has 0 radical (unpaired) electrons. The molecule has 106 valence electrons. The van der Waals surface area contributed by atoms with Gasteiger partial charge in [-0.2, -0.15) is 0 Å². The van der Waals surface area contributed by atoms with Crippen molar-refractivity contribution in [1.29, 1.82) is 0 Å². The van der Waals surface area contributed by atoms with Gasteiger partial charge in [-0.3, -0.25) is 4.79 Å². The fourth-order valence-electron chi connectivity index (χ4n) is 2.37. The van der Waals surface area contributed by atoms with Crippen LogP contribution in [0.5, 0.6) is 0 Å². The third-order valence-corrected chi connectivity index (χ3v) is 5.38. The number of nitrogens with one attached hydrogen (secondary N) is 1. The minimum absolute atomic E-state index is 0.106. The number of hydrogen-bond acceptors (Lipinski definition) is 5. The van der Waals surface area contributed by atoms with E-state index in [1.165, 1.54) is 11.3 Å². The summed E-state index contributed by atoms with van der Waals surface area (Å²) in [5.41, 5.74) is 0.490. The van der Waals surface area contributed by atoms with Gasteiger partial charge in [0.25, 0.3) is 5.91 Å². The molecule has 20 heavy (non-hydrogen) atoms. The Balaban J connectivity index is 1.63. The molecule has 1 saturated carbocycles. The van der Waals surface area contributed by atoms with E-state index in [1.807, 2.05) is 22.9 Å². The van der Waals surface area contributed by atoms with Crippen LogP contribution in [0.1, 0.15) is 36.2 Å².